The van der Waals surface area contributed by atoms with Crippen LogP contribution in [-0.2, 0) is 16.1 Å². The van der Waals surface area contributed by atoms with Crippen molar-refractivity contribution in [3.63, 3.8) is 0 Å². The highest BCUT2D eigenvalue weighted by molar-refractivity contribution is 8.00. The number of aryl methyl sites for hydroxylation is 2. The highest BCUT2D eigenvalue weighted by Gasteiger charge is 2.66. The maximum absolute atomic E-state index is 14.7. The third-order valence-electron chi connectivity index (χ3n) is 8.08. The first-order chi connectivity index (χ1) is 20.8. The highest BCUT2D eigenvalue weighted by atomic mass is 35.5. The molecule has 216 valence electrons. The van der Waals surface area contributed by atoms with Crippen molar-refractivity contribution >= 4 is 68.3 Å². The molecule has 4 heterocycles. The molecule has 2 aliphatic heterocycles. The van der Waals surface area contributed by atoms with Gasteiger partial charge in [0, 0.05) is 22.9 Å². The second-order valence-electron chi connectivity index (χ2n) is 10.6. The molecule has 2 aromatic heterocycles. The summed E-state index contributed by atoms with van der Waals surface area (Å²) < 4.78 is 6.82. The molecule has 7 rings (SSSR count). The summed E-state index contributed by atoms with van der Waals surface area (Å²) in [5.74, 6) is -0.599. The third-order valence-corrected chi connectivity index (χ3v) is 10.5. The van der Waals surface area contributed by atoms with Crippen molar-refractivity contribution in [2.75, 3.05) is 16.3 Å². The number of fused-ring (bicyclic) bond motifs is 5. The average Bonchev–Trinajstić information content (AvgIpc) is 3.63. The maximum Gasteiger partial charge on any atom is 0.297 e. The van der Waals surface area contributed by atoms with Gasteiger partial charge in [-0.25, -0.2) is 0 Å². The molecular formula is C32H25ClN4O4S2. The summed E-state index contributed by atoms with van der Waals surface area (Å²) in [7, 11) is 0. The lowest BCUT2D eigenvalue weighted by molar-refractivity contribution is -0.121. The van der Waals surface area contributed by atoms with Crippen LogP contribution < -0.4 is 15.2 Å². The Bertz CT molecular complexity index is 2040. The molecule has 0 saturated carbocycles. The van der Waals surface area contributed by atoms with Crippen LogP contribution in [0.2, 0.25) is 5.02 Å². The summed E-state index contributed by atoms with van der Waals surface area (Å²) in [4.78, 5) is 46.5. The van der Waals surface area contributed by atoms with E-state index in [0.717, 1.165) is 16.7 Å². The van der Waals surface area contributed by atoms with Crippen molar-refractivity contribution in [2.45, 2.75) is 42.8 Å². The fraction of sp³-hybridized carbons (Fsp3) is 0.219. The molecule has 2 amide bonds. The van der Waals surface area contributed by atoms with E-state index in [4.69, 9.17) is 16.0 Å². The van der Waals surface area contributed by atoms with Crippen LogP contribution in [0.5, 0.6) is 0 Å². The topological polar surface area (TPSA) is 96.6 Å². The Labute approximate surface area is 260 Å². The van der Waals surface area contributed by atoms with Crippen molar-refractivity contribution in [3.8, 4) is 0 Å². The second-order valence-corrected chi connectivity index (χ2v) is 13.2. The number of anilines is 2. The Balaban J connectivity index is 1.45. The highest BCUT2D eigenvalue weighted by Crippen LogP contribution is 2.54. The van der Waals surface area contributed by atoms with E-state index in [1.54, 1.807) is 23.1 Å². The van der Waals surface area contributed by atoms with E-state index in [1.807, 2.05) is 63.2 Å². The molecule has 1 unspecified atom stereocenters. The molecule has 0 saturated heterocycles. The van der Waals surface area contributed by atoms with E-state index < -0.39 is 22.8 Å². The van der Waals surface area contributed by atoms with Crippen molar-refractivity contribution in [1.29, 1.82) is 0 Å². The first-order valence-corrected chi connectivity index (χ1v) is 16.0. The predicted molar refractivity (Wildman–Crippen MR) is 170 cm³/mol. The number of hydrogen-bond donors (Lipinski definition) is 0. The largest absolute Gasteiger partial charge is 0.450 e. The zero-order valence-electron chi connectivity index (χ0n) is 23.5. The van der Waals surface area contributed by atoms with E-state index in [-0.39, 0.29) is 16.5 Å². The van der Waals surface area contributed by atoms with Crippen LogP contribution in [-0.4, -0.2) is 28.6 Å². The molecule has 0 aliphatic carbocycles. The zero-order valence-corrected chi connectivity index (χ0v) is 25.9. The molecule has 1 atom stereocenters. The minimum Gasteiger partial charge on any atom is -0.450 e. The van der Waals surface area contributed by atoms with E-state index in [0.29, 0.717) is 50.3 Å². The van der Waals surface area contributed by atoms with Crippen LogP contribution in [0.25, 0.3) is 11.0 Å². The lowest BCUT2D eigenvalue weighted by atomic mass is 9.84. The number of aromatic nitrogens is 2. The fourth-order valence-electron chi connectivity index (χ4n) is 5.97. The average molecular weight is 629 g/mol. The molecule has 11 heteroatoms. The summed E-state index contributed by atoms with van der Waals surface area (Å²) >= 11 is 8.97. The summed E-state index contributed by atoms with van der Waals surface area (Å²) in [5, 5.41) is 9.93. The number of halogens is 1. The monoisotopic (exact) mass is 628 g/mol. The van der Waals surface area contributed by atoms with Crippen molar-refractivity contribution < 1.29 is 14.0 Å². The number of carbonyl (C=O) groups is 2. The maximum atomic E-state index is 14.7. The van der Waals surface area contributed by atoms with Gasteiger partial charge in [-0.2, -0.15) is 0 Å². The van der Waals surface area contributed by atoms with Gasteiger partial charge in [-0.1, -0.05) is 78.0 Å². The van der Waals surface area contributed by atoms with Gasteiger partial charge in [0.05, 0.1) is 16.6 Å². The molecule has 1 spiro atoms. The van der Waals surface area contributed by atoms with Crippen LogP contribution in [0.3, 0.4) is 0 Å². The molecule has 2 aliphatic rings. The van der Waals surface area contributed by atoms with E-state index >= 15 is 0 Å². The van der Waals surface area contributed by atoms with Crippen LogP contribution in [0, 0.1) is 13.8 Å². The van der Waals surface area contributed by atoms with Gasteiger partial charge in [-0.15, -0.1) is 10.2 Å². The smallest absolute Gasteiger partial charge is 0.297 e. The normalized spacial score (nSPS) is 17.4. The SMILES string of the molecule is CCCN1C(=O)C2(c3ccccc31)c1c(oc3cc(C)c(C)cc3c1=O)C(=O)N2c1nnc(SCc2ccccc2Cl)s1. The number of benzene rings is 3. The Hall–Kier alpha value is -3.99. The first-order valence-electron chi connectivity index (χ1n) is 13.8. The summed E-state index contributed by atoms with van der Waals surface area (Å²) in [6, 6.07) is 18.4. The fourth-order valence-corrected chi connectivity index (χ4v) is 8.15. The van der Waals surface area contributed by atoms with Crippen LogP contribution in [0.4, 0.5) is 10.8 Å². The quantitative estimate of drug-likeness (QED) is 0.150. The van der Waals surface area contributed by atoms with Crippen molar-refractivity contribution in [1.82, 2.24) is 10.2 Å². The van der Waals surface area contributed by atoms with E-state index in [1.165, 1.54) is 28.0 Å². The van der Waals surface area contributed by atoms with E-state index in [2.05, 4.69) is 10.2 Å². The number of para-hydroxylation sites is 1. The van der Waals surface area contributed by atoms with Crippen molar-refractivity contribution in [3.05, 3.63) is 109 Å². The third kappa shape index (κ3) is 4.00. The molecule has 0 N–H and O–H groups in total. The van der Waals surface area contributed by atoms with Gasteiger partial charge in [-0.05, 0) is 61.2 Å². The number of thioether (sulfide) groups is 1. The number of rotatable bonds is 6. The number of nitrogens with zero attached hydrogens (tertiary/aromatic N) is 4. The van der Waals surface area contributed by atoms with Gasteiger partial charge in [0.2, 0.25) is 10.9 Å². The minimum absolute atomic E-state index is 0.0183. The van der Waals surface area contributed by atoms with Gasteiger partial charge in [0.25, 0.3) is 11.8 Å². The van der Waals surface area contributed by atoms with Gasteiger partial charge in [-0.3, -0.25) is 19.3 Å². The minimum atomic E-state index is -1.78. The molecule has 8 nitrogen and oxygen atoms in total. The Morgan fingerprint density at radius 3 is 2.53 bits per heavy atom. The number of carbonyl (C=O) groups excluding carboxylic acids is 2. The number of amides is 2. The zero-order chi connectivity index (χ0) is 30.0. The molecule has 3 aromatic carbocycles. The van der Waals surface area contributed by atoms with Gasteiger partial charge in [0.15, 0.2) is 15.3 Å². The lowest BCUT2D eigenvalue weighted by Gasteiger charge is -2.32. The molecule has 0 radical (unpaired) electrons. The summed E-state index contributed by atoms with van der Waals surface area (Å²) in [6.07, 6.45) is 0.684. The van der Waals surface area contributed by atoms with Crippen LogP contribution in [0.15, 0.2) is 74.2 Å². The van der Waals surface area contributed by atoms with Gasteiger partial charge in [0.1, 0.15) is 5.58 Å². The Kier molecular flexibility index (Phi) is 6.68. The molecular weight excluding hydrogens is 604 g/mol. The van der Waals surface area contributed by atoms with E-state index in [9.17, 15) is 14.4 Å². The molecule has 0 bridgehead atoms. The Morgan fingerprint density at radius 2 is 1.74 bits per heavy atom. The van der Waals surface area contributed by atoms with Gasteiger partial charge < -0.3 is 9.32 Å². The van der Waals surface area contributed by atoms with Crippen LogP contribution in [0.1, 0.15) is 51.7 Å². The van der Waals surface area contributed by atoms with Crippen LogP contribution >= 0.6 is 34.7 Å². The van der Waals surface area contributed by atoms with Gasteiger partial charge >= 0.3 is 0 Å². The standard InChI is InChI=1S/C32H25ClN4O4S2/c1-4-13-36-23-12-8-6-10-21(23)32(29(36)40)25-26(38)20-14-17(2)18(3)15-24(20)41-27(25)28(39)37(32)30-34-35-31(43-30)42-16-19-9-5-7-11-22(19)33/h5-12,14-15H,4,13,16H2,1-3H3. The second kappa shape index (κ2) is 10.3. The van der Waals surface area contributed by atoms with Crippen molar-refractivity contribution in [2.24, 2.45) is 0 Å². The predicted octanol–water partition coefficient (Wildman–Crippen LogP) is 6.87. The molecule has 5 aromatic rings. The summed E-state index contributed by atoms with van der Waals surface area (Å²) in [6.45, 7) is 6.23. The lowest BCUT2D eigenvalue weighted by Crippen LogP contribution is -2.53. The number of hydrogen-bond acceptors (Lipinski definition) is 8. The molecule has 0 fully saturated rings. The Morgan fingerprint density at radius 1 is 1.00 bits per heavy atom. The first kappa shape index (κ1) is 27.8. The molecule has 43 heavy (non-hydrogen) atoms. The summed E-state index contributed by atoms with van der Waals surface area (Å²) in [5.41, 5.74) is 2.09.